The number of fused-ring (bicyclic) bond motifs is 6. The van der Waals surface area contributed by atoms with E-state index in [-0.39, 0.29) is 0 Å². The molecule has 5 heteroatoms. The highest BCUT2D eigenvalue weighted by Gasteiger charge is 2.18. The molecule has 0 N–H and O–H groups in total. The van der Waals surface area contributed by atoms with Gasteiger partial charge in [-0.3, -0.25) is 0 Å². The molecular formula is C45H28N4O. The highest BCUT2D eigenvalue weighted by molar-refractivity contribution is 6.10. The van der Waals surface area contributed by atoms with Gasteiger partial charge in [-0.2, -0.15) is 0 Å². The van der Waals surface area contributed by atoms with Crippen LogP contribution in [0.3, 0.4) is 0 Å². The Labute approximate surface area is 287 Å². The van der Waals surface area contributed by atoms with Crippen molar-refractivity contribution in [1.29, 1.82) is 0 Å². The molecule has 3 aromatic heterocycles. The van der Waals surface area contributed by atoms with Crippen molar-refractivity contribution in [2.24, 2.45) is 0 Å². The molecule has 0 bridgehead atoms. The van der Waals surface area contributed by atoms with E-state index in [1.807, 2.05) is 54.6 Å². The summed E-state index contributed by atoms with van der Waals surface area (Å²) in [6, 6.07) is 58.5. The van der Waals surface area contributed by atoms with Crippen LogP contribution in [0.25, 0.3) is 94.7 Å². The first-order chi connectivity index (χ1) is 24.8. The topological polar surface area (TPSA) is 56.7 Å². The maximum absolute atomic E-state index is 6.60. The Morgan fingerprint density at radius 1 is 0.360 bits per heavy atom. The maximum atomic E-state index is 6.60. The van der Waals surface area contributed by atoms with E-state index in [0.29, 0.717) is 17.5 Å². The zero-order valence-electron chi connectivity index (χ0n) is 26.9. The number of hydrogen-bond donors (Lipinski definition) is 0. The van der Waals surface area contributed by atoms with Gasteiger partial charge in [0.15, 0.2) is 17.5 Å². The van der Waals surface area contributed by atoms with E-state index >= 15 is 0 Å². The molecule has 0 aliphatic carbocycles. The molecule has 0 unspecified atom stereocenters. The Hall–Kier alpha value is -6.85. The fourth-order valence-corrected chi connectivity index (χ4v) is 7.13. The number of benzene rings is 7. The lowest BCUT2D eigenvalue weighted by Gasteiger charge is -2.12. The minimum absolute atomic E-state index is 0.588. The van der Waals surface area contributed by atoms with Crippen LogP contribution >= 0.6 is 0 Å². The van der Waals surface area contributed by atoms with Gasteiger partial charge in [0.2, 0.25) is 0 Å². The maximum Gasteiger partial charge on any atom is 0.164 e. The van der Waals surface area contributed by atoms with Gasteiger partial charge in [0, 0.05) is 50.0 Å². The Morgan fingerprint density at radius 2 is 0.880 bits per heavy atom. The van der Waals surface area contributed by atoms with E-state index in [2.05, 4.69) is 120 Å². The van der Waals surface area contributed by atoms with Gasteiger partial charge >= 0.3 is 0 Å². The second-order valence-corrected chi connectivity index (χ2v) is 12.4. The number of hydrogen-bond acceptors (Lipinski definition) is 4. The zero-order chi connectivity index (χ0) is 33.0. The lowest BCUT2D eigenvalue weighted by Crippen LogP contribution is -2.01. The van der Waals surface area contributed by atoms with Crippen LogP contribution in [0, 0.1) is 0 Å². The summed E-state index contributed by atoms with van der Waals surface area (Å²) in [5, 5.41) is 4.57. The van der Waals surface area contributed by atoms with E-state index in [1.54, 1.807) is 0 Å². The third-order valence-electron chi connectivity index (χ3n) is 9.47. The van der Waals surface area contributed by atoms with Gasteiger partial charge in [-0.1, -0.05) is 127 Å². The van der Waals surface area contributed by atoms with E-state index in [9.17, 15) is 0 Å². The van der Waals surface area contributed by atoms with Gasteiger partial charge in [0.05, 0.1) is 11.0 Å². The summed E-state index contributed by atoms with van der Waals surface area (Å²) in [5.41, 5.74) is 9.91. The zero-order valence-corrected chi connectivity index (χ0v) is 26.9. The Bertz CT molecular complexity index is 2820. The average Bonchev–Trinajstić information content (AvgIpc) is 3.73. The van der Waals surface area contributed by atoms with Crippen molar-refractivity contribution in [3.05, 3.63) is 170 Å². The molecule has 234 valence electrons. The van der Waals surface area contributed by atoms with Gasteiger partial charge in [-0.15, -0.1) is 0 Å². The van der Waals surface area contributed by atoms with Gasteiger partial charge in [-0.25, -0.2) is 15.0 Å². The molecule has 0 fully saturated rings. The first-order valence-corrected chi connectivity index (χ1v) is 16.7. The fraction of sp³-hybridized carbons (Fsp3) is 0. The van der Waals surface area contributed by atoms with Gasteiger partial charge in [0.25, 0.3) is 0 Å². The second-order valence-electron chi connectivity index (χ2n) is 12.4. The SMILES string of the molecule is c1ccc(-c2nc(-c3ccc4c(c3)oc3cc(-n5c6ccccc6c6ccccc65)ccc34)nc(-c3ccccc3-c3ccccc3)n2)cc1. The quantitative estimate of drug-likeness (QED) is 0.188. The summed E-state index contributed by atoms with van der Waals surface area (Å²) < 4.78 is 8.91. The molecule has 0 spiro atoms. The molecule has 5 nitrogen and oxygen atoms in total. The Morgan fingerprint density at radius 3 is 1.58 bits per heavy atom. The van der Waals surface area contributed by atoms with Crippen LogP contribution in [0.1, 0.15) is 0 Å². The minimum Gasteiger partial charge on any atom is -0.456 e. The molecule has 0 aliphatic heterocycles. The van der Waals surface area contributed by atoms with Crippen LogP contribution < -0.4 is 0 Å². The summed E-state index contributed by atoms with van der Waals surface area (Å²) in [6.45, 7) is 0. The van der Waals surface area contributed by atoms with Gasteiger partial charge in [0.1, 0.15) is 11.2 Å². The molecular weight excluding hydrogens is 613 g/mol. The fourth-order valence-electron chi connectivity index (χ4n) is 7.13. The second kappa shape index (κ2) is 11.4. The predicted molar refractivity (Wildman–Crippen MR) is 203 cm³/mol. The van der Waals surface area contributed by atoms with Crippen LogP contribution in [0.4, 0.5) is 0 Å². The summed E-state index contributed by atoms with van der Waals surface area (Å²) in [6.07, 6.45) is 0. The normalized spacial score (nSPS) is 11.6. The highest BCUT2D eigenvalue weighted by Crippen LogP contribution is 2.37. The van der Waals surface area contributed by atoms with Crippen LogP contribution in [0.15, 0.2) is 174 Å². The van der Waals surface area contributed by atoms with Crippen LogP contribution in [0.2, 0.25) is 0 Å². The third kappa shape index (κ3) is 4.60. The Balaban J connectivity index is 1.12. The molecule has 10 rings (SSSR count). The lowest BCUT2D eigenvalue weighted by molar-refractivity contribution is 0.668. The predicted octanol–water partition coefficient (Wildman–Crippen LogP) is 11.5. The molecule has 10 aromatic rings. The molecule has 0 saturated heterocycles. The molecule has 7 aromatic carbocycles. The van der Waals surface area contributed by atoms with Crippen LogP contribution in [0.5, 0.6) is 0 Å². The summed E-state index contributed by atoms with van der Waals surface area (Å²) in [7, 11) is 0. The summed E-state index contributed by atoms with van der Waals surface area (Å²) >= 11 is 0. The van der Waals surface area contributed by atoms with E-state index in [1.165, 1.54) is 21.8 Å². The van der Waals surface area contributed by atoms with Crippen molar-refractivity contribution in [3.63, 3.8) is 0 Å². The highest BCUT2D eigenvalue weighted by atomic mass is 16.3. The molecule has 50 heavy (non-hydrogen) atoms. The van der Waals surface area contributed by atoms with Crippen LogP contribution in [-0.2, 0) is 0 Å². The molecule has 0 aliphatic rings. The van der Waals surface area contributed by atoms with Crippen molar-refractivity contribution in [3.8, 4) is 51.0 Å². The largest absolute Gasteiger partial charge is 0.456 e. The Kier molecular flexibility index (Phi) is 6.42. The first kappa shape index (κ1) is 28.2. The third-order valence-corrected chi connectivity index (χ3v) is 9.47. The van der Waals surface area contributed by atoms with E-state index in [4.69, 9.17) is 19.4 Å². The summed E-state index contributed by atoms with van der Waals surface area (Å²) in [5.74, 6) is 1.83. The number of furan rings is 1. The van der Waals surface area contributed by atoms with Gasteiger partial charge in [-0.05, 0) is 47.5 Å². The number of para-hydroxylation sites is 2. The van der Waals surface area contributed by atoms with E-state index in [0.717, 1.165) is 55.4 Å². The van der Waals surface area contributed by atoms with Crippen molar-refractivity contribution < 1.29 is 4.42 Å². The average molecular weight is 641 g/mol. The minimum atomic E-state index is 0.588. The van der Waals surface area contributed by atoms with Crippen molar-refractivity contribution >= 4 is 43.7 Å². The van der Waals surface area contributed by atoms with Crippen LogP contribution in [-0.4, -0.2) is 19.5 Å². The molecule has 0 saturated carbocycles. The smallest absolute Gasteiger partial charge is 0.164 e. The molecule has 3 heterocycles. The molecule has 0 radical (unpaired) electrons. The monoisotopic (exact) mass is 640 g/mol. The van der Waals surface area contributed by atoms with E-state index < -0.39 is 0 Å². The summed E-state index contributed by atoms with van der Waals surface area (Å²) in [4.78, 5) is 15.1. The van der Waals surface area contributed by atoms with Crippen molar-refractivity contribution in [1.82, 2.24) is 19.5 Å². The number of nitrogens with zero attached hydrogens (tertiary/aromatic N) is 4. The molecule has 0 amide bonds. The molecule has 0 atom stereocenters. The first-order valence-electron chi connectivity index (χ1n) is 16.7. The number of aromatic nitrogens is 4. The van der Waals surface area contributed by atoms with Crippen molar-refractivity contribution in [2.45, 2.75) is 0 Å². The standard InChI is InChI=1S/C45H28N4O/c1-3-13-29(14-4-1)33-17-7-8-20-38(33)45-47-43(30-15-5-2-6-16-30)46-44(48-45)31-23-25-36-37-26-24-32(28-42(37)50-41(36)27-31)49-39-21-11-9-18-34(39)35-19-10-12-22-40(35)49/h1-28H. The van der Waals surface area contributed by atoms with Crippen molar-refractivity contribution in [2.75, 3.05) is 0 Å². The number of rotatable bonds is 5. The van der Waals surface area contributed by atoms with Gasteiger partial charge < -0.3 is 8.98 Å². The lowest BCUT2D eigenvalue weighted by atomic mass is 9.99.